The Kier molecular flexibility index (Phi) is 5.36. The SMILES string of the molecule is Cc1nn(CCO)c(C)c1CNCC1(c2ccccc2)CCCC1. The van der Waals surface area contributed by atoms with Crippen molar-refractivity contribution in [1.29, 1.82) is 0 Å². The Morgan fingerprint density at radius 1 is 1.17 bits per heavy atom. The molecule has 0 aliphatic heterocycles. The van der Waals surface area contributed by atoms with Crippen LogP contribution in [0.2, 0.25) is 0 Å². The van der Waals surface area contributed by atoms with Crippen LogP contribution in [-0.2, 0) is 18.5 Å². The fraction of sp³-hybridized carbons (Fsp3) is 0.550. The fourth-order valence-electron chi connectivity index (χ4n) is 4.14. The van der Waals surface area contributed by atoms with E-state index < -0.39 is 0 Å². The molecule has 0 saturated heterocycles. The van der Waals surface area contributed by atoms with Crippen molar-refractivity contribution in [3.63, 3.8) is 0 Å². The second kappa shape index (κ2) is 7.49. The molecule has 1 saturated carbocycles. The van der Waals surface area contributed by atoms with Gasteiger partial charge in [0.1, 0.15) is 0 Å². The molecule has 2 N–H and O–H groups in total. The highest BCUT2D eigenvalue weighted by Crippen LogP contribution is 2.40. The summed E-state index contributed by atoms with van der Waals surface area (Å²) in [5.74, 6) is 0. The average Bonchev–Trinajstić information content (AvgIpc) is 3.17. The Labute approximate surface area is 144 Å². The summed E-state index contributed by atoms with van der Waals surface area (Å²) in [6.07, 6.45) is 5.18. The topological polar surface area (TPSA) is 50.1 Å². The van der Waals surface area contributed by atoms with Gasteiger partial charge in [-0.3, -0.25) is 4.68 Å². The second-order valence-electron chi connectivity index (χ2n) is 7.05. The van der Waals surface area contributed by atoms with Crippen molar-refractivity contribution in [2.24, 2.45) is 0 Å². The van der Waals surface area contributed by atoms with Crippen molar-refractivity contribution in [3.05, 3.63) is 52.8 Å². The summed E-state index contributed by atoms with van der Waals surface area (Å²) in [5.41, 5.74) is 5.25. The van der Waals surface area contributed by atoms with Crippen LogP contribution in [0, 0.1) is 13.8 Å². The lowest BCUT2D eigenvalue weighted by Crippen LogP contribution is -2.35. The molecule has 1 aliphatic rings. The molecule has 3 rings (SSSR count). The molecule has 4 heteroatoms. The Bertz CT molecular complexity index is 657. The molecule has 1 heterocycles. The van der Waals surface area contributed by atoms with E-state index in [0.29, 0.717) is 6.54 Å². The van der Waals surface area contributed by atoms with Gasteiger partial charge in [0, 0.05) is 29.8 Å². The van der Waals surface area contributed by atoms with Gasteiger partial charge in [0.15, 0.2) is 0 Å². The fourth-order valence-corrected chi connectivity index (χ4v) is 4.14. The third kappa shape index (κ3) is 3.40. The van der Waals surface area contributed by atoms with E-state index in [2.05, 4.69) is 54.6 Å². The maximum atomic E-state index is 9.15. The Hall–Kier alpha value is -1.65. The maximum absolute atomic E-state index is 9.15. The van der Waals surface area contributed by atoms with Gasteiger partial charge in [0.25, 0.3) is 0 Å². The van der Waals surface area contributed by atoms with Crippen LogP contribution in [0.4, 0.5) is 0 Å². The number of hydrogen-bond donors (Lipinski definition) is 2. The molecule has 0 amide bonds. The molecule has 0 unspecified atom stereocenters. The molecule has 0 bridgehead atoms. The number of aliphatic hydroxyl groups excluding tert-OH is 1. The van der Waals surface area contributed by atoms with Gasteiger partial charge in [-0.15, -0.1) is 0 Å². The smallest absolute Gasteiger partial charge is 0.0644 e. The number of nitrogens with zero attached hydrogens (tertiary/aromatic N) is 2. The van der Waals surface area contributed by atoms with Crippen LogP contribution in [0.3, 0.4) is 0 Å². The molecular weight excluding hydrogens is 298 g/mol. The number of aliphatic hydroxyl groups is 1. The molecular formula is C20H29N3O. The molecule has 1 aromatic heterocycles. The lowest BCUT2D eigenvalue weighted by Gasteiger charge is -2.30. The van der Waals surface area contributed by atoms with Crippen molar-refractivity contribution in [1.82, 2.24) is 15.1 Å². The Balaban J connectivity index is 1.69. The van der Waals surface area contributed by atoms with Gasteiger partial charge >= 0.3 is 0 Å². The molecule has 2 aromatic rings. The summed E-state index contributed by atoms with van der Waals surface area (Å²) in [4.78, 5) is 0. The molecule has 0 atom stereocenters. The van der Waals surface area contributed by atoms with Crippen LogP contribution < -0.4 is 5.32 Å². The Morgan fingerprint density at radius 2 is 1.88 bits per heavy atom. The molecule has 1 aliphatic carbocycles. The summed E-state index contributed by atoms with van der Waals surface area (Å²) in [5, 5.41) is 17.4. The van der Waals surface area contributed by atoms with E-state index in [4.69, 9.17) is 5.11 Å². The highest BCUT2D eigenvalue weighted by atomic mass is 16.3. The molecule has 130 valence electrons. The molecule has 4 nitrogen and oxygen atoms in total. The van der Waals surface area contributed by atoms with Gasteiger partial charge in [-0.25, -0.2) is 0 Å². The van der Waals surface area contributed by atoms with Crippen LogP contribution >= 0.6 is 0 Å². The third-order valence-electron chi connectivity index (χ3n) is 5.56. The van der Waals surface area contributed by atoms with Gasteiger partial charge in [-0.2, -0.15) is 5.10 Å². The van der Waals surface area contributed by atoms with Gasteiger partial charge in [-0.1, -0.05) is 43.2 Å². The molecule has 0 spiro atoms. The Morgan fingerprint density at radius 3 is 2.54 bits per heavy atom. The zero-order chi connectivity index (χ0) is 17.0. The van der Waals surface area contributed by atoms with Crippen molar-refractivity contribution < 1.29 is 5.11 Å². The second-order valence-corrected chi connectivity index (χ2v) is 7.05. The van der Waals surface area contributed by atoms with Crippen LogP contribution in [0.5, 0.6) is 0 Å². The number of rotatable bonds is 7. The predicted octanol–water partition coefficient (Wildman–Crippen LogP) is 3.09. The normalized spacial score (nSPS) is 16.6. The van der Waals surface area contributed by atoms with Crippen molar-refractivity contribution in [3.8, 4) is 0 Å². The van der Waals surface area contributed by atoms with Crippen LogP contribution in [-0.4, -0.2) is 28.0 Å². The summed E-state index contributed by atoms with van der Waals surface area (Å²) in [6, 6.07) is 11.0. The van der Waals surface area contributed by atoms with E-state index in [1.807, 2.05) is 4.68 Å². The number of nitrogens with one attached hydrogen (secondary N) is 1. The van der Waals surface area contributed by atoms with E-state index in [-0.39, 0.29) is 12.0 Å². The minimum absolute atomic E-state index is 0.131. The van der Waals surface area contributed by atoms with Crippen LogP contribution in [0.15, 0.2) is 30.3 Å². The number of hydrogen-bond acceptors (Lipinski definition) is 3. The van der Waals surface area contributed by atoms with Gasteiger partial charge in [0.2, 0.25) is 0 Å². The molecule has 0 radical (unpaired) electrons. The number of aryl methyl sites for hydroxylation is 1. The lowest BCUT2D eigenvalue weighted by molar-refractivity contribution is 0.267. The first-order chi connectivity index (χ1) is 11.7. The molecule has 24 heavy (non-hydrogen) atoms. The standard InChI is InChI=1S/C20H29N3O/c1-16-19(17(2)23(22-16)12-13-24)14-21-15-20(10-6-7-11-20)18-8-4-3-5-9-18/h3-5,8-9,21,24H,6-7,10-15H2,1-2H3. The van der Waals surface area contributed by atoms with Gasteiger partial charge in [0.05, 0.1) is 18.8 Å². The van der Waals surface area contributed by atoms with Crippen molar-refractivity contribution in [2.75, 3.05) is 13.2 Å². The van der Waals surface area contributed by atoms with Crippen molar-refractivity contribution >= 4 is 0 Å². The monoisotopic (exact) mass is 327 g/mol. The largest absolute Gasteiger partial charge is 0.394 e. The number of benzene rings is 1. The van der Waals surface area contributed by atoms with Crippen LogP contribution in [0.25, 0.3) is 0 Å². The molecule has 1 fully saturated rings. The zero-order valence-corrected chi connectivity index (χ0v) is 14.9. The number of aromatic nitrogens is 2. The van der Waals surface area contributed by atoms with Crippen LogP contribution in [0.1, 0.15) is 48.2 Å². The van der Waals surface area contributed by atoms with E-state index in [9.17, 15) is 0 Å². The average molecular weight is 327 g/mol. The first-order valence-corrected chi connectivity index (χ1v) is 9.06. The predicted molar refractivity (Wildman–Crippen MR) is 97.1 cm³/mol. The first-order valence-electron chi connectivity index (χ1n) is 9.06. The quantitative estimate of drug-likeness (QED) is 0.821. The molecule has 1 aromatic carbocycles. The van der Waals surface area contributed by atoms with E-state index in [1.54, 1.807) is 0 Å². The summed E-state index contributed by atoms with van der Waals surface area (Å²) >= 11 is 0. The summed E-state index contributed by atoms with van der Waals surface area (Å²) in [6.45, 7) is 6.71. The lowest BCUT2D eigenvalue weighted by atomic mass is 9.79. The minimum Gasteiger partial charge on any atom is -0.394 e. The highest BCUT2D eigenvalue weighted by Gasteiger charge is 2.35. The van der Waals surface area contributed by atoms with E-state index in [0.717, 1.165) is 24.5 Å². The van der Waals surface area contributed by atoms with E-state index >= 15 is 0 Å². The van der Waals surface area contributed by atoms with Crippen molar-refractivity contribution in [2.45, 2.75) is 58.0 Å². The van der Waals surface area contributed by atoms with Gasteiger partial charge < -0.3 is 10.4 Å². The summed E-state index contributed by atoms with van der Waals surface area (Å²) < 4.78 is 1.91. The third-order valence-corrected chi connectivity index (χ3v) is 5.56. The highest BCUT2D eigenvalue weighted by molar-refractivity contribution is 5.28. The van der Waals surface area contributed by atoms with Gasteiger partial charge in [-0.05, 0) is 32.3 Å². The maximum Gasteiger partial charge on any atom is 0.0644 e. The summed E-state index contributed by atoms with van der Waals surface area (Å²) in [7, 11) is 0. The first kappa shape index (κ1) is 17.2. The van der Waals surface area contributed by atoms with E-state index in [1.165, 1.54) is 36.8 Å². The minimum atomic E-state index is 0.131. The zero-order valence-electron chi connectivity index (χ0n) is 14.9.